The Kier molecular flexibility index (Phi) is 4.48. The number of amides is 2. The molecule has 1 aromatic rings. The number of hydrogen-bond donors (Lipinski definition) is 2. The summed E-state index contributed by atoms with van der Waals surface area (Å²) in [6.45, 7) is 0.477. The molecule has 23 heavy (non-hydrogen) atoms. The van der Waals surface area contributed by atoms with Crippen molar-refractivity contribution in [1.29, 1.82) is 0 Å². The van der Waals surface area contributed by atoms with Gasteiger partial charge in [-0.15, -0.1) is 0 Å². The van der Waals surface area contributed by atoms with Gasteiger partial charge in [-0.1, -0.05) is 23.7 Å². The van der Waals surface area contributed by atoms with Crippen LogP contribution < -0.4 is 10.6 Å². The summed E-state index contributed by atoms with van der Waals surface area (Å²) in [7, 11) is 1.43. The minimum atomic E-state index is -0.149. The maximum absolute atomic E-state index is 11.9. The Hall–Kier alpha value is -1.75. The smallest absolute Gasteiger partial charge is 0.315 e. The Labute approximate surface area is 140 Å². The largest absolute Gasteiger partial charge is 0.469 e. The number of halogens is 1. The number of methoxy groups -OCH3 is 1. The number of ether oxygens (including phenoxy) is 1. The van der Waals surface area contributed by atoms with Gasteiger partial charge < -0.3 is 15.4 Å². The number of hydrogen-bond acceptors (Lipinski definition) is 3. The highest BCUT2D eigenvalue weighted by molar-refractivity contribution is 6.30. The minimum absolute atomic E-state index is 0.0553. The van der Waals surface area contributed by atoms with Crippen molar-refractivity contribution >= 4 is 23.6 Å². The molecule has 1 aromatic carbocycles. The summed E-state index contributed by atoms with van der Waals surface area (Å²) < 4.78 is 4.76. The summed E-state index contributed by atoms with van der Waals surface area (Å²) in [5.74, 6) is -0.0487. The minimum Gasteiger partial charge on any atom is -0.469 e. The van der Waals surface area contributed by atoms with Crippen LogP contribution >= 0.6 is 11.6 Å². The molecule has 0 bridgehead atoms. The van der Waals surface area contributed by atoms with E-state index in [1.54, 1.807) is 12.1 Å². The number of urea groups is 1. The van der Waals surface area contributed by atoms with Gasteiger partial charge in [-0.25, -0.2) is 4.79 Å². The van der Waals surface area contributed by atoms with Crippen molar-refractivity contribution in [2.24, 2.45) is 11.3 Å². The molecule has 2 fully saturated rings. The summed E-state index contributed by atoms with van der Waals surface area (Å²) in [4.78, 5) is 23.3. The van der Waals surface area contributed by atoms with Gasteiger partial charge in [-0.3, -0.25) is 4.79 Å². The van der Waals surface area contributed by atoms with Crippen molar-refractivity contribution in [2.45, 2.75) is 38.3 Å². The van der Waals surface area contributed by atoms with Crippen molar-refractivity contribution in [1.82, 2.24) is 10.6 Å². The van der Waals surface area contributed by atoms with Gasteiger partial charge in [0.2, 0.25) is 0 Å². The number of nitrogens with one attached hydrogen (secondary N) is 2. The van der Waals surface area contributed by atoms with E-state index < -0.39 is 0 Å². The Balaban J connectivity index is 1.35. The molecular formula is C17H21ClN2O3. The Morgan fingerprint density at radius 3 is 2.48 bits per heavy atom. The van der Waals surface area contributed by atoms with E-state index in [0.717, 1.165) is 31.2 Å². The first-order chi connectivity index (χ1) is 11.0. The summed E-state index contributed by atoms with van der Waals surface area (Å²) in [6, 6.07) is 7.45. The van der Waals surface area contributed by atoms with Gasteiger partial charge in [-0.2, -0.15) is 0 Å². The number of carbonyl (C=O) groups is 2. The molecule has 0 atom stereocenters. The van der Waals surface area contributed by atoms with E-state index in [1.807, 2.05) is 12.1 Å². The van der Waals surface area contributed by atoms with E-state index in [4.69, 9.17) is 16.3 Å². The second-order valence-electron chi connectivity index (χ2n) is 6.69. The predicted molar refractivity (Wildman–Crippen MR) is 87.0 cm³/mol. The van der Waals surface area contributed by atoms with Crippen molar-refractivity contribution < 1.29 is 14.3 Å². The molecule has 5 nitrogen and oxygen atoms in total. The highest BCUT2D eigenvalue weighted by Gasteiger charge is 2.55. The normalized spacial score (nSPS) is 28.4. The molecule has 1 spiro atoms. The van der Waals surface area contributed by atoms with Crippen LogP contribution in [0.25, 0.3) is 0 Å². The summed E-state index contributed by atoms with van der Waals surface area (Å²) in [5.41, 5.74) is 1.27. The van der Waals surface area contributed by atoms with Gasteiger partial charge in [0.25, 0.3) is 0 Å². The molecular weight excluding hydrogens is 316 g/mol. The molecule has 0 radical (unpaired) electrons. The van der Waals surface area contributed by atoms with Crippen LogP contribution in [-0.2, 0) is 16.1 Å². The van der Waals surface area contributed by atoms with Crippen LogP contribution in [-0.4, -0.2) is 25.2 Å². The third-order valence-electron chi connectivity index (χ3n) is 4.95. The lowest BCUT2D eigenvalue weighted by Crippen LogP contribution is -2.58. The van der Waals surface area contributed by atoms with Crippen molar-refractivity contribution in [3.63, 3.8) is 0 Å². The Bertz CT molecular complexity index is 588. The average molecular weight is 337 g/mol. The molecule has 0 unspecified atom stereocenters. The molecule has 2 aliphatic carbocycles. The maximum Gasteiger partial charge on any atom is 0.315 e. The Morgan fingerprint density at radius 1 is 1.22 bits per heavy atom. The fourth-order valence-corrected chi connectivity index (χ4v) is 3.89. The number of esters is 1. The second kappa shape index (κ2) is 6.40. The topological polar surface area (TPSA) is 67.4 Å². The highest BCUT2D eigenvalue weighted by Crippen LogP contribution is 2.58. The number of benzene rings is 1. The lowest BCUT2D eigenvalue weighted by molar-refractivity contribution is -0.159. The van der Waals surface area contributed by atoms with E-state index in [0.29, 0.717) is 11.6 Å². The lowest BCUT2D eigenvalue weighted by atomic mass is 9.50. The first-order valence-electron chi connectivity index (χ1n) is 7.86. The standard InChI is InChI=1S/C17H21ClN2O3/c1-23-15(21)12-6-17(7-12)8-14(9-17)20-16(22)19-10-11-2-4-13(18)5-3-11/h2-5,12,14H,6-10H2,1H3,(H2,19,20,22). The molecule has 2 amide bonds. The Morgan fingerprint density at radius 2 is 1.87 bits per heavy atom. The van der Waals surface area contributed by atoms with Crippen LogP contribution in [0.15, 0.2) is 24.3 Å². The monoisotopic (exact) mass is 336 g/mol. The van der Waals surface area contributed by atoms with Crippen LogP contribution in [0.1, 0.15) is 31.2 Å². The van der Waals surface area contributed by atoms with Gasteiger partial charge in [0.05, 0.1) is 13.0 Å². The average Bonchev–Trinajstić information content (AvgIpc) is 2.47. The molecule has 0 aliphatic heterocycles. The van der Waals surface area contributed by atoms with Crippen LogP contribution in [0.4, 0.5) is 4.79 Å². The molecule has 2 saturated carbocycles. The van der Waals surface area contributed by atoms with E-state index >= 15 is 0 Å². The van der Waals surface area contributed by atoms with Crippen LogP contribution in [0.3, 0.4) is 0 Å². The van der Waals surface area contributed by atoms with Gasteiger partial charge >= 0.3 is 12.0 Å². The van der Waals surface area contributed by atoms with Crippen LogP contribution in [0.2, 0.25) is 5.02 Å². The first-order valence-corrected chi connectivity index (χ1v) is 8.24. The van der Waals surface area contributed by atoms with Gasteiger partial charge in [-0.05, 0) is 48.8 Å². The van der Waals surface area contributed by atoms with Crippen molar-refractivity contribution in [3.8, 4) is 0 Å². The highest BCUT2D eigenvalue weighted by atomic mass is 35.5. The third-order valence-corrected chi connectivity index (χ3v) is 5.21. The van der Waals surface area contributed by atoms with Crippen molar-refractivity contribution in [2.75, 3.05) is 7.11 Å². The molecule has 3 rings (SSSR count). The van der Waals surface area contributed by atoms with Crippen molar-refractivity contribution in [3.05, 3.63) is 34.9 Å². The van der Waals surface area contributed by atoms with E-state index in [2.05, 4.69) is 10.6 Å². The summed E-state index contributed by atoms with van der Waals surface area (Å²) in [6.07, 6.45) is 3.69. The molecule has 2 N–H and O–H groups in total. The zero-order chi connectivity index (χ0) is 16.4. The summed E-state index contributed by atoms with van der Waals surface area (Å²) in [5, 5.41) is 6.52. The number of carbonyl (C=O) groups excluding carboxylic acids is 2. The van der Waals surface area contributed by atoms with Crippen LogP contribution in [0.5, 0.6) is 0 Å². The zero-order valence-electron chi connectivity index (χ0n) is 13.1. The molecule has 124 valence electrons. The van der Waals surface area contributed by atoms with E-state index in [9.17, 15) is 9.59 Å². The molecule has 0 heterocycles. The molecule has 6 heteroatoms. The fraction of sp³-hybridized carbons (Fsp3) is 0.529. The molecule has 0 saturated heterocycles. The van der Waals surface area contributed by atoms with Gasteiger partial charge in [0.1, 0.15) is 0 Å². The summed E-state index contributed by atoms with van der Waals surface area (Å²) >= 11 is 5.83. The zero-order valence-corrected chi connectivity index (χ0v) is 13.9. The van der Waals surface area contributed by atoms with E-state index in [1.165, 1.54) is 7.11 Å². The quantitative estimate of drug-likeness (QED) is 0.831. The van der Waals surface area contributed by atoms with Gasteiger partial charge in [0.15, 0.2) is 0 Å². The number of rotatable bonds is 4. The van der Waals surface area contributed by atoms with E-state index in [-0.39, 0.29) is 29.4 Å². The predicted octanol–water partition coefficient (Wildman–Crippen LogP) is 2.87. The molecule has 0 aromatic heterocycles. The maximum atomic E-state index is 11.9. The van der Waals surface area contributed by atoms with Crippen LogP contribution in [0, 0.1) is 11.3 Å². The fourth-order valence-electron chi connectivity index (χ4n) is 3.76. The lowest BCUT2D eigenvalue weighted by Gasteiger charge is -2.56. The van der Waals surface area contributed by atoms with Gasteiger partial charge in [0, 0.05) is 17.6 Å². The SMILES string of the molecule is COC(=O)C1CC2(CC(NC(=O)NCc3ccc(Cl)cc3)C2)C1. The second-order valence-corrected chi connectivity index (χ2v) is 7.12. The third kappa shape index (κ3) is 3.61. The first kappa shape index (κ1) is 16.1. The molecule has 2 aliphatic rings.